The first-order chi connectivity index (χ1) is 14.1. The zero-order valence-corrected chi connectivity index (χ0v) is 18.1. The van der Waals surface area contributed by atoms with Gasteiger partial charge in [0.25, 0.3) is 10.1 Å². The molecular weight excluding hydrogens is 466 g/mol. The minimum atomic E-state index is -4.61. The van der Waals surface area contributed by atoms with E-state index < -0.39 is 15.0 Å². The van der Waals surface area contributed by atoms with Gasteiger partial charge in [0.1, 0.15) is 27.9 Å². The molecule has 0 amide bonds. The highest BCUT2D eigenvalue weighted by molar-refractivity contribution is 7.86. The van der Waals surface area contributed by atoms with Gasteiger partial charge in [0.15, 0.2) is 11.6 Å². The van der Waals surface area contributed by atoms with E-state index in [0.717, 1.165) is 6.07 Å². The number of Topliss-reactive ketones (excluding diaryl/α,β-unsaturated/α-hetero) is 2. The van der Waals surface area contributed by atoms with Crippen molar-refractivity contribution in [1.82, 2.24) is 0 Å². The Kier molecular flexibility index (Phi) is 15.3. The summed E-state index contributed by atoms with van der Waals surface area (Å²) in [6.07, 6.45) is 0. The van der Waals surface area contributed by atoms with Crippen molar-refractivity contribution in [3.63, 3.8) is 0 Å². The molecule has 0 aromatic heterocycles. The Bertz CT molecular complexity index is 1210. The predicted molar refractivity (Wildman–Crippen MR) is 143 cm³/mol. The molecule has 7 nitrogen and oxygen atoms in total. The summed E-state index contributed by atoms with van der Waals surface area (Å²) in [5, 5.41) is 0. The number of carbonyl (C=O) groups excluding carboxylic acids is 2. The number of ether oxygens (including phenoxy) is 2. The summed E-state index contributed by atoms with van der Waals surface area (Å²) in [4.78, 5) is 22.2. The number of hydrogen-bond donors (Lipinski definition) is 1. The Hall–Kier alpha value is -3.36. The van der Waals surface area contributed by atoms with Crippen molar-refractivity contribution in [2.75, 3.05) is 0 Å². The molecular formula is C25H32B2O7S. The van der Waals surface area contributed by atoms with Crippen LogP contribution < -0.4 is 9.47 Å². The smallest absolute Gasteiger partial charge is 0.298 e. The monoisotopic (exact) mass is 498 g/mol. The van der Waals surface area contributed by atoms with Gasteiger partial charge in [-0.05, 0) is 74.5 Å². The van der Waals surface area contributed by atoms with E-state index >= 15 is 0 Å². The molecule has 186 valence electrons. The molecule has 0 saturated carbocycles. The standard InChI is InChI=1S/C22H18O7S.3CH4.2B.H2/c1-14(23)16-3-7-18(8-4-16)28-20-11-12-21(22(13-20)30(25,26)27)29-19-9-5-17(6-10-19)15(2)24;;;;;;/h3-13H,1-2H3,(H,25,26,27);3*1H4;;;1H. The molecule has 6 radical (unpaired) electrons. The van der Waals surface area contributed by atoms with E-state index in [-0.39, 0.29) is 63.6 Å². The number of rotatable bonds is 7. The largest absolute Gasteiger partial charge is 0.457 e. The van der Waals surface area contributed by atoms with E-state index in [1.807, 2.05) is 0 Å². The summed E-state index contributed by atoms with van der Waals surface area (Å²) in [5.74, 6) is 0.518. The van der Waals surface area contributed by atoms with Crippen molar-refractivity contribution in [2.45, 2.75) is 41.0 Å². The highest BCUT2D eigenvalue weighted by Gasteiger charge is 2.19. The third kappa shape index (κ3) is 9.42. The molecule has 0 saturated heterocycles. The summed E-state index contributed by atoms with van der Waals surface area (Å²) in [5.41, 5.74) is 0.998. The van der Waals surface area contributed by atoms with E-state index in [4.69, 9.17) is 9.47 Å². The van der Waals surface area contributed by atoms with Crippen LogP contribution in [0.3, 0.4) is 0 Å². The summed E-state index contributed by atoms with van der Waals surface area (Å²) < 4.78 is 44.5. The maximum Gasteiger partial charge on any atom is 0.298 e. The van der Waals surface area contributed by atoms with E-state index in [2.05, 4.69) is 0 Å². The van der Waals surface area contributed by atoms with E-state index in [1.165, 1.54) is 38.1 Å². The number of benzene rings is 3. The number of hydrogen-bond acceptors (Lipinski definition) is 6. The molecule has 0 aliphatic rings. The first-order valence-electron chi connectivity index (χ1n) is 8.83. The summed E-state index contributed by atoms with van der Waals surface area (Å²) in [6, 6.07) is 16.4. The molecule has 35 heavy (non-hydrogen) atoms. The second-order valence-electron chi connectivity index (χ2n) is 6.45. The maximum atomic E-state index is 11.8. The van der Waals surface area contributed by atoms with Crippen LogP contribution in [0.2, 0.25) is 0 Å². The SMILES string of the molecule is C.C.C.CC(=O)c1ccc(Oc2ccc(Oc3ccc(C(C)=O)cc3)c(S(=O)(=O)O)c2)cc1.[B].[B].[HH]. The number of ketones is 2. The lowest BCUT2D eigenvalue weighted by Gasteiger charge is -2.12. The van der Waals surface area contributed by atoms with Crippen molar-refractivity contribution in [3.8, 4) is 23.0 Å². The molecule has 0 unspecified atom stereocenters. The van der Waals surface area contributed by atoms with Crippen LogP contribution in [0.25, 0.3) is 0 Å². The van der Waals surface area contributed by atoms with Crippen molar-refractivity contribution in [1.29, 1.82) is 0 Å². The van der Waals surface area contributed by atoms with Gasteiger partial charge in [0.2, 0.25) is 0 Å². The lowest BCUT2D eigenvalue weighted by molar-refractivity contribution is 0.100. The van der Waals surface area contributed by atoms with Gasteiger partial charge in [-0.2, -0.15) is 8.42 Å². The van der Waals surface area contributed by atoms with Crippen LogP contribution in [0.4, 0.5) is 0 Å². The van der Waals surface area contributed by atoms with Gasteiger partial charge < -0.3 is 9.47 Å². The Morgan fingerprint density at radius 1 is 0.686 bits per heavy atom. The van der Waals surface area contributed by atoms with Crippen molar-refractivity contribution in [3.05, 3.63) is 77.9 Å². The molecule has 0 bridgehead atoms. The second kappa shape index (κ2) is 14.8. The van der Waals surface area contributed by atoms with Gasteiger partial charge in [-0.1, -0.05) is 22.3 Å². The van der Waals surface area contributed by atoms with Gasteiger partial charge in [0, 0.05) is 35.4 Å². The molecule has 0 fully saturated rings. The summed E-state index contributed by atoms with van der Waals surface area (Å²) >= 11 is 0. The second-order valence-corrected chi connectivity index (χ2v) is 7.84. The van der Waals surface area contributed by atoms with Crippen LogP contribution in [-0.4, -0.2) is 41.4 Å². The Morgan fingerprint density at radius 3 is 1.43 bits per heavy atom. The Balaban J connectivity index is -0.000000853. The van der Waals surface area contributed by atoms with Crippen LogP contribution in [0.5, 0.6) is 23.0 Å². The molecule has 0 aliphatic heterocycles. The van der Waals surface area contributed by atoms with Crippen LogP contribution in [0.1, 0.15) is 58.3 Å². The van der Waals surface area contributed by atoms with Gasteiger partial charge in [0.05, 0.1) is 0 Å². The van der Waals surface area contributed by atoms with E-state index in [1.54, 1.807) is 36.4 Å². The highest BCUT2D eigenvalue weighted by atomic mass is 32.2. The van der Waals surface area contributed by atoms with Crippen LogP contribution >= 0.6 is 0 Å². The maximum absolute atomic E-state index is 11.8. The van der Waals surface area contributed by atoms with E-state index in [9.17, 15) is 22.6 Å². The first kappa shape index (κ1) is 36.2. The molecule has 0 heterocycles. The molecule has 1 N–H and O–H groups in total. The van der Waals surface area contributed by atoms with Gasteiger partial charge in [-0.15, -0.1) is 0 Å². The fraction of sp³-hybridized carbons (Fsp3) is 0.200. The van der Waals surface area contributed by atoms with Crippen molar-refractivity contribution < 1.29 is 33.5 Å². The average molecular weight is 498 g/mol. The molecule has 10 heteroatoms. The van der Waals surface area contributed by atoms with E-state index in [0.29, 0.717) is 22.6 Å². The fourth-order valence-electron chi connectivity index (χ4n) is 2.62. The minimum absolute atomic E-state index is 0. The highest BCUT2D eigenvalue weighted by Crippen LogP contribution is 2.34. The Morgan fingerprint density at radius 2 is 1.06 bits per heavy atom. The molecule has 0 aliphatic carbocycles. The predicted octanol–water partition coefficient (Wildman–Crippen LogP) is 6.32. The fourth-order valence-corrected chi connectivity index (χ4v) is 3.25. The van der Waals surface area contributed by atoms with Gasteiger partial charge in [-0.25, -0.2) is 0 Å². The normalized spacial score (nSPS) is 9.46. The van der Waals surface area contributed by atoms with Gasteiger partial charge >= 0.3 is 0 Å². The molecule has 0 spiro atoms. The zero-order chi connectivity index (χ0) is 21.9. The topological polar surface area (TPSA) is 107 Å². The third-order valence-electron chi connectivity index (χ3n) is 4.18. The van der Waals surface area contributed by atoms with Crippen LogP contribution in [0, 0.1) is 0 Å². The zero-order valence-electron chi connectivity index (χ0n) is 17.3. The first-order valence-corrected chi connectivity index (χ1v) is 10.3. The summed E-state index contributed by atoms with van der Waals surface area (Å²) in [7, 11) is -4.61. The molecule has 3 aromatic rings. The van der Waals surface area contributed by atoms with Crippen LogP contribution in [0.15, 0.2) is 71.6 Å². The third-order valence-corrected chi connectivity index (χ3v) is 5.05. The average Bonchev–Trinajstić information content (AvgIpc) is 2.69. The minimum Gasteiger partial charge on any atom is -0.457 e. The molecule has 3 rings (SSSR count). The Labute approximate surface area is 213 Å². The van der Waals surface area contributed by atoms with Crippen LogP contribution in [-0.2, 0) is 10.1 Å². The summed E-state index contributed by atoms with van der Waals surface area (Å²) in [6.45, 7) is 2.87. The molecule has 3 aromatic carbocycles. The van der Waals surface area contributed by atoms with Gasteiger partial charge in [-0.3, -0.25) is 14.1 Å². The van der Waals surface area contributed by atoms with Crippen molar-refractivity contribution >= 4 is 38.5 Å². The quantitative estimate of drug-likeness (QED) is 0.231. The number of carbonyl (C=O) groups is 2. The van der Waals surface area contributed by atoms with Crippen molar-refractivity contribution in [2.24, 2.45) is 0 Å². The lowest BCUT2D eigenvalue weighted by atomic mass is 10.1. The lowest BCUT2D eigenvalue weighted by Crippen LogP contribution is -2.02. The molecule has 0 atom stereocenters.